The van der Waals surface area contributed by atoms with Crippen molar-refractivity contribution in [2.24, 2.45) is 0 Å². The third kappa shape index (κ3) is 4.78. The minimum absolute atomic E-state index is 0.175. The third-order valence-corrected chi connectivity index (χ3v) is 3.11. The highest BCUT2D eigenvalue weighted by Gasteiger charge is 2.19. The predicted octanol–water partition coefficient (Wildman–Crippen LogP) is 2.94. The van der Waals surface area contributed by atoms with Crippen LogP contribution in [0.2, 0.25) is 0 Å². The lowest BCUT2D eigenvalue weighted by molar-refractivity contribution is 0.00623. The van der Waals surface area contributed by atoms with Crippen LogP contribution in [0.3, 0.4) is 0 Å². The maximum absolute atomic E-state index is 11.9. The van der Waals surface area contributed by atoms with Gasteiger partial charge in [0.15, 0.2) is 5.69 Å². The second-order valence-corrected chi connectivity index (χ2v) is 6.43. The van der Waals surface area contributed by atoms with E-state index in [9.17, 15) is 4.79 Å². The first-order valence-corrected chi connectivity index (χ1v) is 7.54. The molecule has 1 aromatic heterocycles. The molecule has 6 heteroatoms. The second-order valence-electron chi connectivity index (χ2n) is 6.43. The summed E-state index contributed by atoms with van der Waals surface area (Å²) in [5.41, 5.74) is 1.22. The lowest BCUT2D eigenvalue weighted by atomic mass is 10.1. The van der Waals surface area contributed by atoms with Crippen LogP contribution in [0.4, 0.5) is 5.82 Å². The summed E-state index contributed by atoms with van der Waals surface area (Å²) in [6, 6.07) is 9.51. The molecule has 0 saturated heterocycles. The van der Waals surface area contributed by atoms with Gasteiger partial charge in [0.25, 0.3) is 0 Å². The van der Waals surface area contributed by atoms with Crippen molar-refractivity contribution in [3.63, 3.8) is 0 Å². The normalized spacial score (nSPS) is 10.8. The number of hydrogen-bond donors (Lipinski definition) is 0. The number of rotatable bonds is 4. The van der Waals surface area contributed by atoms with Gasteiger partial charge in [0, 0.05) is 13.6 Å². The Morgan fingerprint density at radius 1 is 1.29 bits per heavy atom. The quantitative estimate of drug-likeness (QED) is 0.805. The Morgan fingerprint density at radius 3 is 2.62 bits per heavy atom. The van der Waals surface area contributed by atoms with Crippen molar-refractivity contribution < 1.29 is 9.53 Å². The first kappa shape index (κ1) is 17.4. The number of hydrogen-bond acceptors (Lipinski definition) is 6. The van der Waals surface area contributed by atoms with E-state index in [1.165, 1.54) is 12.4 Å². The number of anilines is 1. The summed E-state index contributed by atoms with van der Waals surface area (Å²) in [5, 5.41) is 8.95. The average Bonchev–Trinajstić information content (AvgIpc) is 2.53. The van der Waals surface area contributed by atoms with Gasteiger partial charge in [-0.05, 0) is 38.5 Å². The molecular weight excluding hydrogens is 304 g/mol. The van der Waals surface area contributed by atoms with Crippen molar-refractivity contribution in [2.75, 3.05) is 11.9 Å². The summed E-state index contributed by atoms with van der Waals surface area (Å²) >= 11 is 0. The number of esters is 1. The molecule has 0 aliphatic heterocycles. The molecule has 0 radical (unpaired) electrons. The Balaban J connectivity index is 2.07. The topological polar surface area (TPSA) is 79.1 Å². The third-order valence-electron chi connectivity index (χ3n) is 3.11. The fraction of sp³-hybridized carbons (Fsp3) is 0.333. The zero-order valence-electron chi connectivity index (χ0n) is 14.3. The minimum atomic E-state index is -0.569. The van der Waals surface area contributed by atoms with Crippen LogP contribution in [-0.4, -0.2) is 28.6 Å². The van der Waals surface area contributed by atoms with Crippen LogP contribution in [0.25, 0.3) is 0 Å². The Bertz CT molecular complexity index is 758. The first-order valence-electron chi connectivity index (χ1n) is 7.54. The molecular formula is C18H20N4O2. The predicted molar refractivity (Wildman–Crippen MR) is 90.5 cm³/mol. The molecule has 0 spiro atoms. The highest BCUT2D eigenvalue weighted by molar-refractivity contribution is 5.87. The molecule has 2 rings (SSSR count). The van der Waals surface area contributed by atoms with E-state index in [-0.39, 0.29) is 5.69 Å². The fourth-order valence-electron chi connectivity index (χ4n) is 2.05. The number of nitriles is 1. The van der Waals surface area contributed by atoms with Crippen LogP contribution in [0.1, 0.15) is 42.4 Å². The van der Waals surface area contributed by atoms with E-state index in [0.29, 0.717) is 17.9 Å². The molecule has 0 fully saturated rings. The maximum atomic E-state index is 11.9. The molecule has 0 unspecified atom stereocenters. The van der Waals surface area contributed by atoms with E-state index in [0.717, 1.165) is 5.56 Å². The second kappa shape index (κ2) is 7.09. The highest BCUT2D eigenvalue weighted by Crippen LogP contribution is 2.14. The zero-order chi connectivity index (χ0) is 17.7. The van der Waals surface area contributed by atoms with Crippen LogP contribution in [-0.2, 0) is 11.3 Å². The molecule has 24 heavy (non-hydrogen) atoms. The fourth-order valence-corrected chi connectivity index (χ4v) is 2.05. The highest BCUT2D eigenvalue weighted by atomic mass is 16.6. The van der Waals surface area contributed by atoms with Crippen LogP contribution in [0.15, 0.2) is 36.7 Å². The Hall–Kier alpha value is -2.94. The van der Waals surface area contributed by atoms with Gasteiger partial charge in [0.2, 0.25) is 0 Å². The summed E-state index contributed by atoms with van der Waals surface area (Å²) < 4.78 is 5.26. The largest absolute Gasteiger partial charge is 0.455 e. The molecule has 1 heterocycles. The van der Waals surface area contributed by atoms with Gasteiger partial charge in [-0.25, -0.2) is 14.8 Å². The molecule has 0 bridgehead atoms. The molecule has 0 aliphatic carbocycles. The Morgan fingerprint density at radius 2 is 2.04 bits per heavy atom. The van der Waals surface area contributed by atoms with Crippen LogP contribution < -0.4 is 4.90 Å². The van der Waals surface area contributed by atoms with Crippen LogP contribution >= 0.6 is 0 Å². The van der Waals surface area contributed by atoms with Crippen LogP contribution in [0.5, 0.6) is 0 Å². The molecule has 1 aromatic carbocycles. The molecule has 0 N–H and O–H groups in total. The maximum Gasteiger partial charge on any atom is 0.359 e. The summed E-state index contributed by atoms with van der Waals surface area (Å²) in [7, 11) is 1.87. The standard InChI is InChI=1S/C18H20N4O2/c1-18(2,3)24-17(23)15-10-21-16(11-20-15)22(4)12-14-7-5-6-13(8-14)9-19/h5-8,10-11H,12H2,1-4H3. The van der Waals surface area contributed by atoms with Crippen molar-refractivity contribution >= 4 is 11.8 Å². The minimum Gasteiger partial charge on any atom is -0.455 e. The molecule has 2 aromatic rings. The first-order chi connectivity index (χ1) is 11.3. The van der Waals surface area contributed by atoms with Gasteiger partial charge in [-0.3, -0.25) is 0 Å². The lowest BCUT2D eigenvalue weighted by Crippen LogP contribution is -2.25. The molecule has 0 atom stereocenters. The van der Waals surface area contributed by atoms with Crippen molar-refractivity contribution in [2.45, 2.75) is 32.9 Å². The molecule has 0 saturated carbocycles. The monoisotopic (exact) mass is 324 g/mol. The van der Waals surface area contributed by atoms with Gasteiger partial charge in [-0.15, -0.1) is 0 Å². The van der Waals surface area contributed by atoms with E-state index in [2.05, 4.69) is 16.0 Å². The van der Waals surface area contributed by atoms with E-state index in [1.54, 1.807) is 26.8 Å². The SMILES string of the molecule is CN(Cc1cccc(C#N)c1)c1cnc(C(=O)OC(C)(C)C)cn1. The van der Waals surface area contributed by atoms with Gasteiger partial charge in [0.05, 0.1) is 24.0 Å². The Labute approximate surface area is 141 Å². The van der Waals surface area contributed by atoms with Crippen molar-refractivity contribution in [1.82, 2.24) is 9.97 Å². The zero-order valence-corrected chi connectivity index (χ0v) is 14.3. The van der Waals surface area contributed by atoms with Gasteiger partial charge in [0.1, 0.15) is 11.4 Å². The van der Waals surface area contributed by atoms with Crippen molar-refractivity contribution in [1.29, 1.82) is 5.26 Å². The molecule has 0 amide bonds. The number of carbonyl (C=O) groups is 1. The van der Waals surface area contributed by atoms with Crippen molar-refractivity contribution in [3.8, 4) is 6.07 Å². The summed E-state index contributed by atoms with van der Waals surface area (Å²) in [6.45, 7) is 5.98. The van der Waals surface area contributed by atoms with E-state index >= 15 is 0 Å². The lowest BCUT2D eigenvalue weighted by Gasteiger charge is -2.20. The van der Waals surface area contributed by atoms with Gasteiger partial charge >= 0.3 is 5.97 Å². The van der Waals surface area contributed by atoms with Gasteiger partial charge < -0.3 is 9.64 Å². The van der Waals surface area contributed by atoms with E-state index in [1.807, 2.05) is 30.1 Å². The molecule has 6 nitrogen and oxygen atoms in total. The van der Waals surface area contributed by atoms with Gasteiger partial charge in [-0.2, -0.15) is 5.26 Å². The summed E-state index contributed by atoms with van der Waals surface area (Å²) in [5.74, 6) is 0.135. The van der Waals surface area contributed by atoms with Gasteiger partial charge in [-0.1, -0.05) is 12.1 Å². The smallest absolute Gasteiger partial charge is 0.359 e. The number of aromatic nitrogens is 2. The number of carbonyl (C=O) groups excluding carboxylic acids is 1. The van der Waals surface area contributed by atoms with Crippen molar-refractivity contribution in [3.05, 3.63) is 53.5 Å². The molecule has 0 aliphatic rings. The summed E-state index contributed by atoms with van der Waals surface area (Å²) in [6.07, 6.45) is 2.94. The number of ether oxygens (including phenoxy) is 1. The van der Waals surface area contributed by atoms with E-state index in [4.69, 9.17) is 10.00 Å². The molecule has 124 valence electrons. The number of nitrogens with zero attached hydrogens (tertiary/aromatic N) is 4. The summed E-state index contributed by atoms with van der Waals surface area (Å²) in [4.78, 5) is 22.2. The Kier molecular flexibility index (Phi) is 5.14. The average molecular weight is 324 g/mol. The van der Waals surface area contributed by atoms with E-state index < -0.39 is 11.6 Å². The number of benzene rings is 1. The van der Waals surface area contributed by atoms with Crippen LogP contribution in [0, 0.1) is 11.3 Å².